The quantitative estimate of drug-likeness (QED) is 0.588. The molecule has 3 aromatic rings. The standard InChI is InChI=1S/C20H18ClN3O2S/c1-26-16-10-6-14(7-11-16)8-13-19-23-24-20(27-19)22-18(25)12-9-15-4-2-3-5-17(15)21/h2-7,9-12H,8,13H2,1H3,(H,22,24,25)/b12-9+. The van der Waals surface area contributed by atoms with Crippen LogP contribution in [0.3, 0.4) is 0 Å². The highest BCUT2D eigenvalue weighted by Crippen LogP contribution is 2.19. The third kappa shape index (κ3) is 5.64. The topological polar surface area (TPSA) is 64.1 Å². The number of hydrogen-bond acceptors (Lipinski definition) is 5. The predicted molar refractivity (Wildman–Crippen MR) is 109 cm³/mol. The van der Waals surface area contributed by atoms with Crippen LogP contribution in [0.1, 0.15) is 16.1 Å². The van der Waals surface area contributed by atoms with Gasteiger partial charge in [-0.25, -0.2) is 0 Å². The van der Waals surface area contributed by atoms with Crippen LogP contribution in [0.25, 0.3) is 6.08 Å². The molecule has 1 amide bonds. The lowest BCUT2D eigenvalue weighted by atomic mass is 10.1. The minimum atomic E-state index is -0.271. The molecular formula is C20H18ClN3O2S. The number of nitrogens with one attached hydrogen (secondary N) is 1. The second-order valence-corrected chi connectivity index (χ2v) is 7.16. The van der Waals surface area contributed by atoms with Crippen molar-refractivity contribution >= 4 is 40.1 Å². The summed E-state index contributed by atoms with van der Waals surface area (Å²) in [5.74, 6) is 0.567. The molecule has 0 radical (unpaired) electrons. The molecule has 0 bridgehead atoms. The fourth-order valence-corrected chi connectivity index (χ4v) is 3.31. The van der Waals surface area contributed by atoms with Crippen LogP contribution in [0.5, 0.6) is 5.75 Å². The van der Waals surface area contributed by atoms with E-state index in [1.807, 2.05) is 42.5 Å². The predicted octanol–water partition coefficient (Wildman–Crippen LogP) is 4.64. The number of ether oxygens (including phenoxy) is 1. The van der Waals surface area contributed by atoms with E-state index in [9.17, 15) is 4.79 Å². The number of hydrogen-bond donors (Lipinski definition) is 1. The number of aryl methyl sites for hydroxylation is 2. The Morgan fingerprint density at radius 2 is 1.93 bits per heavy atom. The van der Waals surface area contributed by atoms with E-state index in [1.54, 1.807) is 19.3 Å². The van der Waals surface area contributed by atoms with Crippen LogP contribution in [-0.2, 0) is 17.6 Å². The number of anilines is 1. The highest BCUT2D eigenvalue weighted by Gasteiger charge is 2.07. The van der Waals surface area contributed by atoms with Gasteiger partial charge in [0.25, 0.3) is 0 Å². The molecule has 1 heterocycles. The van der Waals surface area contributed by atoms with Crippen molar-refractivity contribution in [2.24, 2.45) is 0 Å². The number of aromatic nitrogens is 2. The average molecular weight is 400 g/mol. The molecule has 0 spiro atoms. The minimum Gasteiger partial charge on any atom is -0.497 e. The van der Waals surface area contributed by atoms with Crippen LogP contribution in [0.2, 0.25) is 5.02 Å². The first-order valence-corrected chi connectivity index (χ1v) is 9.52. The summed E-state index contributed by atoms with van der Waals surface area (Å²) >= 11 is 7.44. The molecule has 2 aromatic carbocycles. The van der Waals surface area contributed by atoms with E-state index in [4.69, 9.17) is 16.3 Å². The molecule has 0 atom stereocenters. The van der Waals surface area contributed by atoms with Gasteiger partial charge in [0.05, 0.1) is 7.11 Å². The Balaban J connectivity index is 1.52. The summed E-state index contributed by atoms with van der Waals surface area (Å²) in [6, 6.07) is 15.3. The molecular weight excluding hydrogens is 382 g/mol. The molecule has 138 valence electrons. The van der Waals surface area contributed by atoms with Crippen molar-refractivity contribution < 1.29 is 9.53 Å². The zero-order valence-electron chi connectivity index (χ0n) is 14.7. The maximum atomic E-state index is 12.0. The smallest absolute Gasteiger partial charge is 0.250 e. The fourth-order valence-electron chi connectivity index (χ4n) is 2.37. The minimum absolute atomic E-state index is 0.271. The Hall–Kier alpha value is -2.70. The van der Waals surface area contributed by atoms with Crippen molar-refractivity contribution in [2.45, 2.75) is 12.8 Å². The molecule has 0 unspecified atom stereocenters. The van der Waals surface area contributed by atoms with E-state index in [-0.39, 0.29) is 5.91 Å². The van der Waals surface area contributed by atoms with E-state index in [0.717, 1.165) is 29.2 Å². The van der Waals surface area contributed by atoms with Gasteiger partial charge >= 0.3 is 0 Å². The fraction of sp³-hybridized carbons (Fsp3) is 0.150. The van der Waals surface area contributed by atoms with E-state index in [1.165, 1.54) is 23.0 Å². The zero-order chi connectivity index (χ0) is 19.1. The number of halogens is 1. The van der Waals surface area contributed by atoms with Crippen LogP contribution < -0.4 is 10.1 Å². The molecule has 0 saturated carbocycles. The van der Waals surface area contributed by atoms with Gasteiger partial charge in [-0.05, 0) is 41.8 Å². The summed E-state index contributed by atoms with van der Waals surface area (Å²) in [7, 11) is 1.65. The number of methoxy groups -OCH3 is 1. The average Bonchev–Trinajstić information content (AvgIpc) is 3.13. The number of carbonyl (C=O) groups excluding carboxylic acids is 1. The van der Waals surface area contributed by atoms with E-state index in [2.05, 4.69) is 15.5 Å². The van der Waals surface area contributed by atoms with Crippen molar-refractivity contribution in [3.05, 3.63) is 75.8 Å². The first kappa shape index (κ1) is 19.1. The van der Waals surface area contributed by atoms with Gasteiger partial charge in [-0.15, -0.1) is 10.2 Å². The van der Waals surface area contributed by atoms with Gasteiger partial charge in [-0.2, -0.15) is 0 Å². The molecule has 7 heteroatoms. The molecule has 27 heavy (non-hydrogen) atoms. The Morgan fingerprint density at radius 3 is 2.67 bits per heavy atom. The Labute approximate surface area is 166 Å². The summed E-state index contributed by atoms with van der Waals surface area (Å²) in [5.41, 5.74) is 1.98. The number of rotatable bonds is 7. The maximum Gasteiger partial charge on any atom is 0.250 e. The molecule has 0 aliphatic rings. The van der Waals surface area contributed by atoms with Gasteiger partial charge in [-0.3, -0.25) is 10.1 Å². The van der Waals surface area contributed by atoms with Crippen LogP contribution >= 0.6 is 22.9 Å². The van der Waals surface area contributed by atoms with Crippen molar-refractivity contribution in [1.29, 1.82) is 0 Å². The monoisotopic (exact) mass is 399 g/mol. The third-order valence-electron chi connectivity index (χ3n) is 3.80. The number of amides is 1. The van der Waals surface area contributed by atoms with Crippen LogP contribution in [-0.4, -0.2) is 23.2 Å². The second-order valence-electron chi connectivity index (χ2n) is 5.69. The summed E-state index contributed by atoms with van der Waals surface area (Å²) in [6.45, 7) is 0. The summed E-state index contributed by atoms with van der Waals surface area (Å²) < 4.78 is 5.15. The molecule has 1 N–H and O–H groups in total. The lowest BCUT2D eigenvalue weighted by Gasteiger charge is -2.01. The molecule has 5 nitrogen and oxygen atoms in total. The van der Waals surface area contributed by atoms with Gasteiger partial charge in [0.1, 0.15) is 10.8 Å². The van der Waals surface area contributed by atoms with Gasteiger partial charge in [0.2, 0.25) is 11.0 Å². The third-order valence-corrected chi connectivity index (χ3v) is 5.05. The molecule has 1 aromatic heterocycles. The molecule has 0 saturated heterocycles. The highest BCUT2D eigenvalue weighted by molar-refractivity contribution is 7.15. The van der Waals surface area contributed by atoms with Crippen molar-refractivity contribution in [1.82, 2.24) is 10.2 Å². The molecule has 0 fully saturated rings. The van der Waals surface area contributed by atoms with Gasteiger partial charge < -0.3 is 4.74 Å². The van der Waals surface area contributed by atoms with Crippen LogP contribution in [0.4, 0.5) is 5.13 Å². The van der Waals surface area contributed by atoms with Crippen LogP contribution in [0, 0.1) is 0 Å². The summed E-state index contributed by atoms with van der Waals surface area (Å²) in [5, 5.41) is 12.8. The lowest BCUT2D eigenvalue weighted by molar-refractivity contribution is -0.111. The van der Waals surface area contributed by atoms with Crippen molar-refractivity contribution in [2.75, 3.05) is 12.4 Å². The zero-order valence-corrected chi connectivity index (χ0v) is 16.3. The molecule has 0 aliphatic heterocycles. The van der Waals surface area contributed by atoms with Crippen LogP contribution in [0.15, 0.2) is 54.6 Å². The largest absolute Gasteiger partial charge is 0.497 e. The van der Waals surface area contributed by atoms with Crippen molar-refractivity contribution in [3.63, 3.8) is 0 Å². The number of carbonyl (C=O) groups is 1. The van der Waals surface area contributed by atoms with Gasteiger partial charge in [0.15, 0.2) is 0 Å². The summed E-state index contributed by atoms with van der Waals surface area (Å²) in [4.78, 5) is 12.0. The number of benzene rings is 2. The SMILES string of the molecule is COc1ccc(CCc2nnc(NC(=O)/C=C/c3ccccc3Cl)s2)cc1. The Bertz CT molecular complexity index is 938. The second kappa shape index (κ2) is 9.30. The summed E-state index contributed by atoms with van der Waals surface area (Å²) in [6.07, 6.45) is 4.71. The lowest BCUT2D eigenvalue weighted by Crippen LogP contribution is -2.07. The highest BCUT2D eigenvalue weighted by atomic mass is 35.5. The van der Waals surface area contributed by atoms with Gasteiger partial charge in [0, 0.05) is 17.5 Å². The van der Waals surface area contributed by atoms with E-state index < -0.39 is 0 Å². The van der Waals surface area contributed by atoms with Crippen molar-refractivity contribution in [3.8, 4) is 5.75 Å². The van der Waals surface area contributed by atoms with E-state index >= 15 is 0 Å². The first-order chi connectivity index (χ1) is 13.1. The molecule has 3 rings (SSSR count). The normalized spacial score (nSPS) is 10.9. The number of nitrogens with zero attached hydrogens (tertiary/aromatic N) is 2. The van der Waals surface area contributed by atoms with Gasteiger partial charge in [-0.1, -0.05) is 53.3 Å². The Kier molecular flexibility index (Phi) is 6.57. The maximum absolute atomic E-state index is 12.0. The molecule has 0 aliphatic carbocycles. The van der Waals surface area contributed by atoms with E-state index in [0.29, 0.717) is 10.2 Å². The first-order valence-electron chi connectivity index (χ1n) is 8.33. The Morgan fingerprint density at radius 1 is 1.15 bits per heavy atom.